The second kappa shape index (κ2) is 12.3. The highest BCUT2D eigenvalue weighted by Gasteiger charge is 2.36. The molecule has 0 atom stereocenters. The van der Waals surface area contributed by atoms with E-state index >= 15 is 0 Å². The quantitative estimate of drug-likeness (QED) is 0.174. The average Bonchev–Trinajstić information content (AvgIpc) is 3.70. The van der Waals surface area contributed by atoms with Gasteiger partial charge in [-0.1, -0.05) is 141 Å². The first-order valence-corrected chi connectivity index (χ1v) is 18.3. The van der Waals surface area contributed by atoms with Gasteiger partial charge in [0.2, 0.25) is 0 Å². The van der Waals surface area contributed by atoms with E-state index in [-0.39, 0.29) is 5.41 Å². The third kappa shape index (κ3) is 5.26. The molecule has 0 fully saturated rings. The molecule has 53 heavy (non-hydrogen) atoms. The largest absolute Gasteiger partial charge is 0.456 e. The number of anilines is 3. The summed E-state index contributed by atoms with van der Waals surface area (Å²) in [6, 6.07) is 67.9. The first kappa shape index (κ1) is 31.1. The minimum atomic E-state index is -0.137. The van der Waals surface area contributed by atoms with E-state index in [1.54, 1.807) is 0 Å². The number of rotatable bonds is 6. The molecule has 0 N–H and O–H groups in total. The Morgan fingerprint density at radius 3 is 1.57 bits per heavy atom. The monoisotopic (exact) mass is 679 g/mol. The maximum absolute atomic E-state index is 6.06. The van der Waals surface area contributed by atoms with Crippen LogP contribution in [0.25, 0.3) is 66.4 Å². The first-order valence-electron chi connectivity index (χ1n) is 18.3. The van der Waals surface area contributed by atoms with E-state index in [1.807, 2.05) is 12.1 Å². The Hall–Kier alpha value is -6.64. The second-order valence-electron chi connectivity index (χ2n) is 14.6. The van der Waals surface area contributed by atoms with Crippen molar-refractivity contribution >= 4 is 39.0 Å². The van der Waals surface area contributed by atoms with E-state index in [1.165, 1.54) is 55.6 Å². The molecule has 10 rings (SSSR count). The Labute approximate surface area is 310 Å². The molecule has 0 unspecified atom stereocenters. The third-order valence-electron chi connectivity index (χ3n) is 11.1. The lowest BCUT2D eigenvalue weighted by Crippen LogP contribution is -2.16. The van der Waals surface area contributed by atoms with E-state index in [2.05, 4.69) is 195 Å². The molecular formula is C51H37NO. The van der Waals surface area contributed by atoms with Gasteiger partial charge in [0.1, 0.15) is 11.2 Å². The summed E-state index contributed by atoms with van der Waals surface area (Å²) < 4.78 is 6.06. The fourth-order valence-electron chi connectivity index (χ4n) is 8.26. The van der Waals surface area contributed by atoms with Crippen LogP contribution in [-0.4, -0.2) is 0 Å². The Morgan fingerprint density at radius 2 is 0.830 bits per heavy atom. The highest BCUT2D eigenvalue weighted by molar-refractivity contribution is 6.06. The molecule has 8 aromatic carbocycles. The van der Waals surface area contributed by atoms with Crippen molar-refractivity contribution in [3.05, 3.63) is 199 Å². The van der Waals surface area contributed by atoms with Crippen LogP contribution in [0.5, 0.6) is 0 Å². The zero-order chi connectivity index (χ0) is 35.5. The molecule has 1 aliphatic rings. The number of hydrogen-bond acceptors (Lipinski definition) is 2. The van der Waals surface area contributed by atoms with Crippen molar-refractivity contribution in [1.29, 1.82) is 0 Å². The van der Waals surface area contributed by atoms with Crippen molar-refractivity contribution in [3.63, 3.8) is 0 Å². The maximum atomic E-state index is 6.06. The standard InChI is InChI=1S/C51H37NO/c1-51(2)47-32-39(34-11-5-3-6-12-34)23-28-43(47)44-29-27-42(33-48(44)51)52(40-13-7-4-8-14-40)41-25-21-36(22-26-41)35-17-19-37(20-18-35)38-24-30-50-46(31-38)45-15-9-10-16-49(45)53-50/h3-33H,1-2H3. The van der Waals surface area contributed by atoms with Crippen LogP contribution in [0.1, 0.15) is 25.0 Å². The molecule has 1 heterocycles. The van der Waals surface area contributed by atoms with Crippen molar-refractivity contribution in [1.82, 2.24) is 0 Å². The van der Waals surface area contributed by atoms with Gasteiger partial charge in [0.25, 0.3) is 0 Å². The molecule has 252 valence electrons. The van der Waals surface area contributed by atoms with E-state index in [9.17, 15) is 0 Å². The molecular weight excluding hydrogens is 643 g/mol. The molecule has 1 aromatic heterocycles. The molecule has 0 amide bonds. The number of benzene rings is 8. The van der Waals surface area contributed by atoms with Crippen LogP contribution in [-0.2, 0) is 5.41 Å². The van der Waals surface area contributed by atoms with E-state index < -0.39 is 0 Å². The van der Waals surface area contributed by atoms with Crippen LogP contribution in [0.2, 0.25) is 0 Å². The van der Waals surface area contributed by atoms with E-state index in [0.717, 1.165) is 39.0 Å². The third-order valence-corrected chi connectivity index (χ3v) is 11.1. The molecule has 2 nitrogen and oxygen atoms in total. The van der Waals surface area contributed by atoms with Crippen LogP contribution in [0.4, 0.5) is 17.1 Å². The lowest BCUT2D eigenvalue weighted by atomic mass is 9.81. The molecule has 9 aromatic rings. The topological polar surface area (TPSA) is 16.4 Å². The smallest absolute Gasteiger partial charge is 0.135 e. The summed E-state index contributed by atoms with van der Waals surface area (Å²) in [6.07, 6.45) is 0. The van der Waals surface area contributed by atoms with Crippen molar-refractivity contribution in [2.45, 2.75) is 19.3 Å². The second-order valence-corrected chi connectivity index (χ2v) is 14.6. The summed E-state index contributed by atoms with van der Waals surface area (Å²) in [7, 11) is 0. The van der Waals surface area contributed by atoms with Gasteiger partial charge < -0.3 is 9.32 Å². The average molecular weight is 680 g/mol. The van der Waals surface area contributed by atoms with Gasteiger partial charge in [-0.05, 0) is 116 Å². The molecule has 0 saturated heterocycles. The van der Waals surface area contributed by atoms with Gasteiger partial charge in [-0.2, -0.15) is 0 Å². The summed E-state index contributed by atoms with van der Waals surface area (Å²) in [6.45, 7) is 4.72. The van der Waals surface area contributed by atoms with E-state index in [4.69, 9.17) is 4.42 Å². The van der Waals surface area contributed by atoms with Crippen LogP contribution in [0.3, 0.4) is 0 Å². The minimum Gasteiger partial charge on any atom is -0.456 e. The highest BCUT2D eigenvalue weighted by atomic mass is 16.3. The van der Waals surface area contributed by atoms with Crippen LogP contribution in [0.15, 0.2) is 192 Å². The summed E-state index contributed by atoms with van der Waals surface area (Å²) in [5.74, 6) is 0. The molecule has 0 spiro atoms. The Bertz CT molecular complexity index is 2780. The number of furan rings is 1. The summed E-state index contributed by atoms with van der Waals surface area (Å²) >= 11 is 0. The van der Waals surface area contributed by atoms with Crippen molar-refractivity contribution in [3.8, 4) is 44.5 Å². The zero-order valence-electron chi connectivity index (χ0n) is 29.8. The normalized spacial score (nSPS) is 12.9. The Morgan fingerprint density at radius 1 is 0.358 bits per heavy atom. The number of hydrogen-bond donors (Lipinski definition) is 0. The van der Waals surface area contributed by atoms with Gasteiger partial charge in [0.15, 0.2) is 0 Å². The van der Waals surface area contributed by atoms with Gasteiger partial charge in [0, 0.05) is 33.2 Å². The van der Waals surface area contributed by atoms with Crippen molar-refractivity contribution in [2.75, 3.05) is 4.90 Å². The van der Waals surface area contributed by atoms with Gasteiger partial charge in [-0.25, -0.2) is 0 Å². The summed E-state index contributed by atoms with van der Waals surface area (Å²) in [5, 5.41) is 2.30. The Kier molecular flexibility index (Phi) is 7.19. The minimum absolute atomic E-state index is 0.137. The predicted octanol–water partition coefficient (Wildman–Crippen LogP) is 14.4. The summed E-state index contributed by atoms with van der Waals surface area (Å²) in [5.41, 5.74) is 17.7. The molecule has 0 aliphatic heterocycles. The number of nitrogens with zero attached hydrogens (tertiary/aromatic N) is 1. The van der Waals surface area contributed by atoms with Crippen LogP contribution in [0, 0.1) is 0 Å². The Balaban J connectivity index is 0.969. The molecule has 0 radical (unpaired) electrons. The molecule has 2 heteroatoms. The van der Waals surface area contributed by atoms with Gasteiger partial charge in [-0.3, -0.25) is 0 Å². The van der Waals surface area contributed by atoms with Crippen LogP contribution < -0.4 is 4.90 Å². The molecule has 1 aliphatic carbocycles. The first-order chi connectivity index (χ1) is 26.0. The van der Waals surface area contributed by atoms with Crippen molar-refractivity contribution in [2.24, 2.45) is 0 Å². The van der Waals surface area contributed by atoms with Gasteiger partial charge in [0.05, 0.1) is 0 Å². The van der Waals surface area contributed by atoms with Crippen LogP contribution >= 0.6 is 0 Å². The maximum Gasteiger partial charge on any atom is 0.135 e. The predicted molar refractivity (Wildman–Crippen MR) is 222 cm³/mol. The fraction of sp³-hybridized carbons (Fsp3) is 0.0588. The summed E-state index contributed by atoms with van der Waals surface area (Å²) in [4.78, 5) is 2.37. The highest BCUT2D eigenvalue weighted by Crippen LogP contribution is 2.51. The van der Waals surface area contributed by atoms with E-state index in [0.29, 0.717) is 0 Å². The fourth-order valence-corrected chi connectivity index (χ4v) is 8.26. The lowest BCUT2D eigenvalue weighted by molar-refractivity contribution is 0.660. The molecule has 0 saturated carbocycles. The lowest BCUT2D eigenvalue weighted by Gasteiger charge is -2.28. The number of para-hydroxylation sites is 2. The van der Waals surface area contributed by atoms with Gasteiger partial charge in [-0.15, -0.1) is 0 Å². The van der Waals surface area contributed by atoms with Crippen molar-refractivity contribution < 1.29 is 4.42 Å². The SMILES string of the molecule is CC1(C)c2cc(-c3ccccc3)ccc2-c2ccc(N(c3ccccc3)c3ccc(-c4ccc(-c5ccc6oc7ccccc7c6c5)cc4)cc3)cc21. The van der Waals surface area contributed by atoms with Gasteiger partial charge >= 0.3 is 0 Å². The number of fused-ring (bicyclic) bond motifs is 6. The zero-order valence-corrected chi connectivity index (χ0v) is 29.8. The molecule has 0 bridgehead atoms.